The van der Waals surface area contributed by atoms with Crippen LogP contribution in [0.3, 0.4) is 0 Å². The van der Waals surface area contributed by atoms with Gasteiger partial charge in [-0.15, -0.1) is 0 Å². The zero-order chi connectivity index (χ0) is 7.35. The molecule has 2 nitrogen and oxygen atoms in total. The minimum atomic E-state index is -0.340. The van der Waals surface area contributed by atoms with Gasteiger partial charge in [-0.1, -0.05) is 6.92 Å². The van der Waals surface area contributed by atoms with Gasteiger partial charge < -0.3 is 5.11 Å². The Hall–Kier alpha value is -0.370. The lowest BCUT2D eigenvalue weighted by Gasteiger charge is -2.19. The number of aliphatic hydroxyl groups excluding tert-OH is 1. The summed E-state index contributed by atoms with van der Waals surface area (Å²) in [6, 6.07) is 0. The number of Topliss-reactive ketones (excluding diaryl/α,β-unsaturated/α-hetero) is 1. The van der Waals surface area contributed by atoms with Crippen molar-refractivity contribution in [2.75, 3.05) is 0 Å². The van der Waals surface area contributed by atoms with Gasteiger partial charge in [0.2, 0.25) is 0 Å². The van der Waals surface area contributed by atoms with Crippen molar-refractivity contribution in [1.82, 2.24) is 0 Å². The molecular formula is C8H12O2. The summed E-state index contributed by atoms with van der Waals surface area (Å²) >= 11 is 0. The predicted molar refractivity (Wildman–Crippen MR) is 36.5 cm³/mol. The molecule has 2 saturated carbocycles. The van der Waals surface area contributed by atoms with Crippen LogP contribution in [0.25, 0.3) is 0 Å². The third kappa shape index (κ3) is 0.655. The second-order valence-electron chi connectivity index (χ2n) is 3.84. The van der Waals surface area contributed by atoms with E-state index in [9.17, 15) is 9.90 Å². The second kappa shape index (κ2) is 1.62. The summed E-state index contributed by atoms with van der Waals surface area (Å²) in [5.74, 6) is 0.778. The first kappa shape index (κ1) is 6.35. The predicted octanol–water partition coefficient (Wildman–Crippen LogP) is 0.736. The summed E-state index contributed by atoms with van der Waals surface area (Å²) in [7, 11) is 0. The molecule has 0 saturated heterocycles. The van der Waals surface area contributed by atoms with E-state index < -0.39 is 0 Å². The highest BCUT2D eigenvalue weighted by molar-refractivity contribution is 5.89. The van der Waals surface area contributed by atoms with Crippen molar-refractivity contribution in [3.05, 3.63) is 0 Å². The molecule has 0 amide bonds. The Balaban J connectivity index is 2.16. The molecule has 56 valence electrons. The lowest BCUT2D eigenvalue weighted by molar-refractivity contribution is -0.128. The topological polar surface area (TPSA) is 37.3 Å². The molecule has 0 unspecified atom stereocenters. The molecule has 0 bridgehead atoms. The minimum Gasteiger partial charge on any atom is -0.393 e. The van der Waals surface area contributed by atoms with Crippen LogP contribution >= 0.6 is 0 Å². The highest BCUT2D eigenvalue weighted by atomic mass is 16.3. The summed E-state index contributed by atoms with van der Waals surface area (Å²) in [6.45, 7) is 2.02. The van der Waals surface area contributed by atoms with Gasteiger partial charge in [0, 0.05) is 11.8 Å². The molecule has 2 aliphatic carbocycles. The van der Waals surface area contributed by atoms with Gasteiger partial charge in [0.1, 0.15) is 5.78 Å². The number of hydrogen-bond acceptors (Lipinski definition) is 2. The number of aliphatic hydroxyl groups is 1. The van der Waals surface area contributed by atoms with E-state index in [0.717, 1.165) is 12.8 Å². The maximum Gasteiger partial charge on any atom is 0.141 e. The van der Waals surface area contributed by atoms with Gasteiger partial charge in [-0.05, 0) is 18.8 Å². The van der Waals surface area contributed by atoms with Crippen molar-refractivity contribution in [3.8, 4) is 0 Å². The number of carbonyl (C=O) groups excluding carboxylic acids is 1. The first-order valence-electron chi connectivity index (χ1n) is 3.84. The first-order chi connectivity index (χ1) is 4.63. The van der Waals surface area contributed by atoms with Gasteiger partial charge in [0.15, 0.2) is 0 Å². The van der Waals surface area contributed by atoms with E-state index in [0.29, 0.717) is 12.3 Å². The van der Waals surface area contributed by atoms with Crippen LogP contribution in [0.2, 0.25) is 0 Å². The van der Waals surface area contributed by atoms with Crippen LogP contribution in [-0.2, 0) is 4.79 Å². The summed E-state index contributed by atoms with van der Waals surface area (Å²) in [5, 5.41) is 9.17. The van der Waals surface area contributed by atoms with Gasteiger partial charge in [-0.25, -0.2) is 0 Å². The molecule has 2 aliphatic rings. The highest BCUT2D eigenvalue weighted by Gasteiger charge is 2.58. The van der Waals surface area contributed by atoms with Gasteiger partial charge in [-0.3, -0.25) is 4.79 Å². The lowest BCUT2D eigenvalue weighted by Crippen LogP contribution is -2.27. The number of rotatable bonds is 0. The first-order valence-corrected chi connectivity index (χ1v) is 3.84. The van der Waals surface area contributed by atoms with E-state index in [1.807, 2.05) is 6.92 Å². The molecule has 0 aliphatic heterocycles. The Morgan fingerprint density at radius 1 is 1.70 bits per heavy atom. The van der Waals surface area contributed by atoms with E-state index in [1.54, 1.807) is 0 Å². The van der Waals surface area contributed by atoms with Crippen molar-refractivity contribution < 1.29 is 9.90 Å². The number of carbonyl (C=O) groups is 1. The van der Waals surface area contributed by atoms with Crippen LogP contribution in [0.4, 0.5) is 0 Å². The van der Waals surface area contributed by atoms with Gasteiger partial charge in [-0.2, -0.15) is 0 Å². The monoisotopic (exact) mass is 140 g/mol. The highest BCUT2D eigenvalue weighted by Crippen LogP contribution is 2.58. The molecule has 0 aromatic heterocycles. The van der Waals surface area contributed by atoms with Crippen LogP contribution < -0.4 is 0 Å². The van der Waals surface area contributed by atoms with Crippen molar-refractivity contribution in [1.29, 1.82) is 0 Å². The van der Waals surface area contributed by atoms with Crippen LogP contribution in [-0.4, -0.2) is 17.0 Å². The Kier molecular flexibility index (Phi) is 1.03. The van der Waals surface area contributed by atoms with Crippen LogP contribution in [0, 0.1) is 11.3 Å². The molecule has 0 aromatic rings. The van der Waals surface area contributed by atoms with E-state index >= 15 is 0 Å². The van der Waals surface area contributed by atoms with E-state index in [4.69, 9.17) is 0 Å². The third-order valence-corrected chi connectivity index (χ3v) is 3.03. The number of ketones is 1. The molecule has 2 fully saturated rings. The Bertz CT molecular complexity index is 188. The Morgan fingerprint density at radius 3 is 3.00 bits per heavy atom. The number of fused-ring (bicyclic) bond motifs is 1. The fourth-order valence-electron chi connectivity index (χ4n) is 2.00. The molecule has 0 spiro atoms. The van der Waals surface area contributed by atoms with Gasteiger partial charge in [0.05, 0.1) is 6.10 Å². The molecule has 3 atom stereocenters. The quantitative estimate of drug-likeness (QED) is 0.538. The number of hydrogen-bond donors (Lipinski definition) is 1. The third-order valence-electron chi connectivity index (χ3n) is 3.03. The summed E-state index contributed by atoms with van der Waals surface area (Å²) in [5.41, 5.74) is -0.0147. The van der Waals surface area contributed by atoms with Crippen LogP contribution in [0.1, 0.15) is 26.2 Å². The minimum absolute atomic E-state index is 0.0147. The average molecular weight is 140 g/mol. The SMILES string of the molecule is C[C@]12C[C@H]1C[C@H](O)CC2=O. The summed E-state index contributed by atoms with van der Waals surface area (Å²) in [4.78, 5) is 11.2. The van der Waals surface area contributed by atoms with Crippen molar-refractivity contribution in [2.24, 2.45) is 11.3 Å². The smallest absolute Gasteiger partial charge is 0.141 e. The molecular weight excluding hydrogens is 128 g/mol. The molecule has 10 heavy (non-hydrogen) atoms. The molecule has 0 aromatic carbocycles. The van der Waals surface area contributed by atoms with Gasteiger partial charge in [0.25, 0.3) is 0 Å². The van der Waals surface area contributed by atoms with Crippen LogP contribution in [0.15, 0.2) is 0 Å². The van der Waals surface area contributed by atoms with E-state index in [-0.39, 0.29) is 17.3 Å². The van der Waals surface area contributed by atoms with E-state index in [1.165, 1.54) is 0 Å². The zero-order valence-corrected chi connectivity index (χ0v) is 6.13. The molecule has 2 heteroatoms. The molecule has 2 rings (SSSR count). The average Bonchev–Trinajstić information content (AvgIpc) is 2.42. The maximum absolute atomic E-state index is 11.2. The molecule has 0 heterocycles. The maximum atomic E-state index is 11.2. The van der Waals surface area contributed by atoms with E-state index in [2.05, 4.69) is 0 Å². The summed E-state index contributed by atoms with van der Waals surface area (Å²) in [6.07, 6.45) is 1.92. The fourth-order valence-corrected chi connectivity index (χ4v) is 2.00. The normalized spacial score (nSPS) is 52.4. The Labute approximate surface area is 60.2 Å². The fraction of sp³-hybridized carbons (Fsp3) is 0.875. The van der Waals surface area contributed by atoms with Crippen molar-refractivity contribution in [3.63, 3.8) is 0 Å². The van der Waals surface area contributed by atoms with Crippen molar-refractivity contribution >= 4 is 5.78 Å². The zero-order valence-electron chi connectivity index (χ0n) is 6.13. The van der Waals surface area contributed by atoms with Crippen molar-refractivity contribution in [2.45, 2.75) is 32.3 Å². The molecule has 1 N–H and O–H groups in total. The largest absolute Gasteiger partial charge is 0.393 e. The van der Waals surface area contributed by atoms with Gasteiger partial charge >= 0.3 is 0 Å². The Morgan fingerprint density at radius 2 is 2.40 bits per heavy atom. The standard InChI is InChI=1S/C8H12O2/c1-8-4-5(8)2-6(9)3-7(8)10/h5-6,9H,2-4H2,1H3/t5-,6+,8+/m1/s1. The lowest BCUT2D eigenvalue weighted by atomic mass is 9.87. The second-order valence-corrected chi connectivity index (χ2v) is 3.84. The van der Waals surface area contributed by atoms with Crippen LogP contribution in [0.5, 0.6) is 0 Å². The summed E-state index contributed by atoms with van der Waals surface area (Å²) < 4.78 is 0. The molecule has 0 radical (unpaired) electrons.